The molecule has 0 spiro atoms. The number of halogens is 1. The molecule has 9 nitrogen and oxygen atoms in total. The molecule has 0 atom stereocenters. The first kappa shape index (κ1) is 26.4. The van der Waals surface area contributed by atoms with E-state index in [1.807, 2.05) is 56.8 Å². The van der Waals surface area contributed by atoms with Crippen molar-refractivity contribution in [1.29, 1.82) is 0 Å². The van der Waals surface area contributed by atoms with Crippen molar-refractivity contribution in [2.45, 2.75) is 19.9 Å². The molecule has 4 N–H and O–H groups in total. The van der Waals surface area contributed by atoms with Gasteiger partial charge in [-0.1, -0.05) is 0 Å². The summed E-state index contributed by atoms with van der Waals surface area (Å²) >= 11 is 0. The van der Waals surface area contributed by atoms with Crippen LogP contribution < -0.4 is 10.6 Å². The van der Waals surface area contributed by atoms with E-state index >= 15 is 0 Å². The first-order valence-corrected chi connectivity index (χ1v) is 13.6. The molecule has 0 bridgehead atoms. The predicted molar refractivity (Wildman–Crippen MR) is 163 cm³/mol. The molecular weight excluding hydrogens is 517 g/mol. The van der Waals surface area contributed by atoms with E-state index in [0.29, 0.717) is 18.3 Å². The molecule has 0 aliphatic rings. The van der Waals surface area contributed by atoms with Crippen molar-refractivity contribution in [3.63, 3.8) is 0 Å². The van der Waals surface area contributed by atoms with Gasteiger partial charge in [0.05, 0.1) is 34.3 Å². The average Bonchev–Trinajstić information content (AvgIpc) is 3.56. The maximum absolute atomic E-state index is 14.7. The topological polar surface area (TPSA) is 110 Å². The molecule has 6 rings (SSSR count). The Morgan fingerprint density at radius 3 is 2.56 bits per heavy atom. The van der Waals surface area contributed by atoms with Crippen LogP contribution in [-0.4, -0.2) is 68.3 Å². The monoisotopic (exact) mass is 549 g/mol. The van der Waals surface area contributed by atoms with Gasteiger partial charge in [-0.05, 0) is 76.0 Å². The van der Waals surface area contributed by atoms with Crippen molar-refractivity contribution in [2.75, 3.05) is 37.8 Å². The van der Waals surface area contributed by atoms with Crippen LogP contribution in [-0.2, 0) is 0 Å². The van der Waals surface area contributed by atoms with E-state index in [4.69, 9.17) is 4.98 Å². The van der Waals surface area contributed by atoms with E-state index in [0.717, 1.165) is 67.9 Å². The normalized spacial score (nSPS) is 11.7. The number of pyridine rings is 3. The molecular formula is C31H32FN9. The molecule has 0 fully saturated rings. The van der Waals surface area contributed by atoms with Crippen LogP contribution in [0.1, 0.15) is 13.8 Å². The van der Waals surface area contributed by atoms with E-state index in [2.05, 4.69) is 54.5 Å². The Bertz CT molecular complexity index is 1840. The van der Waals surface area contributed by atoms with Gasteiger partial charge in [0.25, 0.3) is 0 Å². The molecule has 0 radical (unpaired) electrons. The second-order valence-corrected chi connectivity index (χ2v) is 10.7. The van der Waals surface area contributed by atoms with Crippen molar-refractivity contribution in [2.24, 2.45) is 0 Å². The second-order valence-electron chi connectivity index (χ2n) is 10.7. The smallest absolute Gasteiger partial charge is 0.135 e. The van der Waals surface area contributed by atoms with E-state index < -0.39 is 0 Å². The van der Waals surface area contributed by atoms with Crippen molar-refractivity contribution in [3.8, 4) is 33.8 Å². The largest absolute Gasteiger partial charge is 0.384 e. The minimum Gasteiger partial charge on any atom is -0.384 e. The lowest BCUT2D eigenvalue weighted by atomic mass is 10.0. The van der Waals surface area contributed by atoms with Gasteiger partial charge in [-0.25, -0.2) is 9.37 Å². The molecule has 10 heteroatoms. The molecule has 41 heavy (non-hydrogen) atoms. The van der Waals surface area contributed by atoms with Gasteiger partial charge in [0.15, 0.2) is 0 Å². The molecule has 0 saturated heterocycles. The Kier molecular flexibility index (Phi) is 7.07. The highest BCUT2D eigenvalue weighted by atomic mass is 19.1. The molecule has 1 aromatic carbocycles. The third-order valence-corrected chi connectivity index (χ3v) is 6.79. The highest BCUT2D eigenvalue weighted by Gasteiger charge is 2.16. The van der Waals surface area contributed by atoms with Crippen LogP contribution in [0.25, 0.3) is 55.7 Å². The molecule has 0 aliphatic heterocycles. The number of H-pyrrole nitrogens is 2. The average molecular weight is 550 g/mol. The number of nitrogens with zero attached hydrogens (tertiary/aromatic N) is 5. The summed E-state index contributed by atoms with van der Waals surface area (Å²) in [5, 5.41) is 15.3. The summed E-state index contributed by atoms with van der Waals surface area (Å²) in [6.45, 7) is 5.73. The Labute approximate surface area is 237 Å². The fourth-order valence-corrected chi connectivity index (χ4v) is 4.92. The van der Waals surface area contributed by atoms with Gasteiger partial charge >= 0.3 is 0 Å². The summed E-state index contributed by atoms with van der Waals surface area (Å²) in [6.07, 6.45) is 7.15. The van der Waals surface area contributed by atoms with Crippen LogP contribution in [0.15, 0.2) is 67.3 Å². The zero-order chi connectivity index (χ0) is 28.5. The number of hydrogen-bond acceptors (Lipinski definition) is 7. The van der Waals surface area contributed by atoms with Gasteiger partial charge in [-0.15, -0.1) is 0 Å². The summed E-state index contributed by atoms with van der Waals surface area (Å²) in [5.74, 6) is -0.306. The summed E-state index contributed by atoms with van der Waals surface area (Å²) in [6, 6.07) is 13.3. The summed E-state index contributed by atoms with van der Waals surface area (Å²) in [4.78, 5) is 19.3. The SMILES string of the molecule is CC(C)Nc1cncc(-c2ccc3[nH]nc(-c4cc5c(-c6cc(F)cc(NCCN(C)C)c6)cncc5[nH]4)c3n2)c1. The molecule has 0 aliphatic carbocycles. The van der Waals surface area contributed by atoms with Gasteiger partial charge in [0.2, 0.25) is 0 Å². The lowest BCUT2D eigenvalue weighted by Gasteiger charge is -2.13. The van der Waals surface area contributed by atoms with Crippen LogP contribution >= 0.6 is 0 Å². The maximum Gasteiger partial charge on any atom is 0.135 e. The lowest BCUT2D eigenvalue weighted by Crippen LogP contribution is -2.20. The number of benzene rings is 1. The third-order valence-electron chi connectivity index (χ3n) is 6.79. The minimum absolute atomic E-state index is 0.294. The van der Waals surface area contributed by atoms with E-state index in [9.17, 15) is 4.39 Å². The van der Waals surface area contributed by atoms with E-state index in [1.54, 1.807) is 12.4 Å². The molecule has 0 amide bonds. The molecule has 6 aromatic rings. The van der Waals surface area contributed by atoms with Gasteiger partial charge in [-0.2, -0.15) is 5.10 Å². The fourth-order valence-electron chi connectivity index (χ4n) is 4.92. The van der Waals surface area contributed by atoms with Crippen LogP contribution in [0.5, 0.6) is 0 Å². The number of aromatic amines is 2. The standard InChI is InChI=1S/C31H32FN9/c1-18(2)36-23-11-20(14-33-15-23)26-5-6-27-30(38-26)31(40-39-27)28-13-24-25(16-34-17-29(24)37-28)19-9-21(32)12-22(10-19)35-7-8-41(3)4/h5-6,9-18,35-37H,7-8H2,1-4H3,(H,39,40). The number of aromatic nitrogens is 6. The molecule has 0 saturated carbocycles. The van der Waals surface area contributed by atoms with Gasteiger partial charge in [-0.3, -0.25) is 15.1 Å². The second kappa shape index (κ2) is 11.0. The van der Waals surface area contributed by atoms with Crippen molar-refractivity contribution >= 4 is 33.3 Å². The molecule has 0 unspecified atom stereocenters. The van der Waals surface area contributed by atoms with Gasteiger partial charge < -0.3 is 20.5 Å². The lowest BCUT2D eigenvalue weighted by molar-refractivity contribution is 0.425. The summed E-state index contributed by atoms with van der Waals surface area (Å²) < 4.78 is 14.7. The Morgan fingerprint density at radius 1 is 0.902 bits per heavy atom. The van der Waals surface area contributed by atoms with Gasteiger partial charge in [0, 0.05) is 59.9 Å². The molecule has 208 valence electrons. The van der Waals surface area contributed by atoms with Crippen LogP contribution in [0, 0.1) is 5.82 Å². The van der Waals surface area contributed by atoms with Crippen molar-refractivity contribution in [1.82, 2.24) is 35.0 Å². The van der Waals surface area contributed by atoms with Crippen LogP contribution in [0.2, 0.25) is 0 Å². The molecule has 5 heterocycles. The van der Waals surface area contributed by atoms with Gasteiger partial charge in [0.1, 0.15) is 17.0 Å². The predicted octanol–water partition coefficient (Wildman–Crippen LogP) is 6.16. The number of rotatable bonds is 9. The third kappa shape index (κ3) is 5.59. The van der Waals surface area contributed by atoms with E-state index in [1.165, 1.54) is 12.1 Å². The zero-order valence-corrected chi connectivity index (χ0v) is 23.5. The quantitative estimate of drug-likeness (QED) is 0.171. The Hall–Kier alpha value is -4.83. The maximum atomic E-state index is 14.7. The van der Waals surface area contributed by atoms with Crippen molar-refractivity contribution in [3.05, 3.63) is 73.1 Å². The summed E-state index contributed by atoms with van der Waals surface area (Å²) in [5.41, 5.74) is 8.83. The summed E-state index contributed by atoms with van der Waals surface area (Å²) in [7, 11) is 4.01. The van der Waals surface area contributed by atoms with Crippen LogP contribution in [0.4, 0.5) is 15.8 Å². The minimum atomic E-state index is -0.306. The number of hydrogen-bond donors (Lipinski definition) is 4. The van der Waals surface area contributed by atoms with E-state index in [-0.39, 0.29) is 5.82 Å². The van der Waals surface area contributed by atoms with Crippen LogP contribution in [0.3, 0.4) is 0 Å². The number of fused-ring (bicyclic) bond motifs is 2. The Morgan fingerprint density at radius 2 is 1.73 bits per heavy atom. The number of nitrogens with one attached hydrogen (secondary N) is 4. The van der Waals surface area contributed by atoms with Crippen molar-refractivity contribution < 1.29 is 4.39 Å². The first-order chi connectivity index (χ1) is 19.8. The fraction of sp³-hybridized carbons (Fsp3) is 0.226. The first-order valence-electron chi connectivity index (χ1n) is 13.6. The highest BCUT2D eigenvalue weighted by molar-refractivity contribution is 6.00. The Balaban J connectivity index is 1.37. The molecule has 5 aromatic heterocycles. The number of anilines is 2. The number of likely N-dealkylation sites (N-methyl/N-ethyl adjacent to an activating group) is 1. The highest BCUT2D eigenvalue weighted by Crippen LogP contribution is 2.35. The zero-order valence-electron chi connectivity index (χ0n) is 23.5.